The van der Waals surface area contributed by atoms with Gasteiger partial charge in [-0.2, -0.15) is 36.1 Å². The maximum absolute atomic E-state index is 13.5. The lowest BCUT2D eigenvalue weighted by Gasteiger charge is -2.25. The van der Waals surface area contributed by atoms with Crippen molar-refractivity contribution in [1.82, 2.24) is 19.6 Å². The number of amides is 2. The van der Waals surface area contributed by atoms with Gasteiger partial charge in [-0.3, -0.25) is 9.69 Å². The number of benzene rings is 1. The molecule has 7 nitrogen and oxygen atoms in total. The minimum atomic E-state index is -4.77. The SMILES string of the molecule is CC(=O)N(C)c1cnn(C(=O)N2CCC3(CCN(Cc4cc(C(F)(F)F)ccc4C(F)(F)F)C3)C2)c1. The molecule has 0 bridgehead atoms. The largest absolute Gasteiger partial charge is 0.416 e. The van der Waals surface area contributed by atoms with E-state index in [-0.39, 0.29) is 23.9 Å². The van der Waals surface area contributed by atoms with E-state index in [1.807, 2.05) is 0 Å². The van der Waals surface area contributed by atoms with E-state index in [4.69, 9.17) is 0 Å². The molecule has 4 rings (SSSR count). The molecule has 36 heavy (non-hydrogen) atoms. The Bertz CT molecular complexity index is 1160. The fraction of sp³-hybridized carbons (Fsp3) is 0.522. The Morgan fingerprint density at radius 1 is 1.06 bits per heavy atom. The predicted molar refractivity (Wildman–Crippen MR) is 117 cm³/mol. The van der Waals surface area contributed by atoms with Gasteiger partial charge in [0.25, 0.3) is 0 Å². The maximum Gasteiger partial charge on any atom is 0.416 e. The lowest BCUT2D eigenvalue weighted by atomic mass is 9.86. The van der Waals surface area contributed by atoms with E-state index in [1.54, 1.807) is 16.8 Å². The maximum atomic E-state index is 13.5. The van der Waals surface area contributed by atoms with Gasteiger partial charge in [0, 0.05) is 45.6 Å². The first-order chi connectivity index (χ1) is 16.7. The van der Waals surface area contributed by atoms with Crippen LogP contribution in [0.15, 0.2) is 30.6 Å². The number of carbonyl (C=O) groups is 2. The zero-order valence-electron chi connectivity index (χ0n) is 19.7. The van der Waals surface area contributed by atoms with Crippen LogP contribution in [0.5, 0.6) is 0 Å². The quantitative estimate of drug-likeness (QED) is 0.564. The fourth-order valence-corrected chi connectivity index (χ4v) is 4.93. The first-order valence-electron chi connectivity index (χ1n) is 11.3. The summed E-state index contributed by atoms with van der Waals surface area (Å²) in [6.07, 6.45) is -5.45. The summed E-state index contributed by atoms with van der Waals surface area (Å²) < 4.78 is 80.9. The Kier molecular flexibility index (Phi) is 6.56. The van der Waals surface area contributed by atoms with Gasteiger partial charge in [-0.15, -0.1) is 0 Å². The highest BCUT2D eigenvalue weighted by Crippen LogP contribution is 2.42. The van der Waals surface area contributed by atoms with Crippen LogP contribution in [0.25, 0.3) is 0 Å². The van der Waals surface area contributed by atoms with E-state index in [0.717, 1.165) is 4.68 Å². The highest BCUT2D eigenvalue weighted by Gasteiger charge is 2.46. The van der Waals surface area contributed by atoms with Gasteiger partial charge in [0.2, 0.25) is 5.91 Å². The molecule has 196 valence electrons. The number of likely N-dealkylation sites (tertiary alicyclic amines) is 2. The minimum Gasteiger partial charge on any atom is -0.322 e. The van der Waals surface area contributed by atoms with Crippen molar-refractivity contribution in [3.8, 4) is 0 Å². The van der Waals surface area contributed by atoms with Gasteiger partial charge >= 0.3 is 18.4 Å². The molecule has 1 aromatic heterocycles. The van der Waals surface area contributed by atoms with E-state index in [0.29, 0.717) is 62.9 Å². The Labute approximate surface area is 203 Å². The Morgan fingerprint density at radius 2 is 1.75 bits per heavy atom. The highest BCUT2D eigenvalue weighted by molar-refractivity contribution is 5.91. The van der Waals surface area contributed by atoms with Crippen molar-refractivity contribution in [3.63, 3.8) is 0 Å². The Balaban J connectivity index is 1.45. The molecule has 2 aliphatic heterocycles. The third-order valence-electron chi connectivity index (χ3n) is 6.98. The van der Waals surface area contributed by atoms with Crippen LogP contribution in [0.3, 0.4) is 0 Å². The molecule has 2 fully saturated rings. The molecule has 1 aromatic carbocycles. The molecule has 3 heterocycles. The molecule has 1 spiro atoms. The minimum absolute atomic E-state index is 0.220. The summed E-state index contributed by atoms with van der Waals surface area (Å²) in [6, 6.07) is 1.13. The van der Waals surface area contributed by atoms with Crippen molar-refractivity contribution >= 4 is 17.6 Å². The van der Waals surface area contributed by atoms with Crippen LogP contribution in [-0.4, -0.2) is 64.7 Å². The number of halogens is 6. The van der Waals surface area contributed by atoms with Crippen LogP contribution in [-0.2, 0) is 23.7 Å². The number of hydrogen-bond donors (Lipinski definition) is 0. The summed E-state index contributed by atoms with van der Waals surface area (Å²) in [4.78, 5) is 29.1. The molecule has 2 saturated heterocycles. The summed E-state index contributed by atoms with van der Waals surface area (Å²) >= 11 is 0. The average molecular weight is 517 g/mol. The van der Waals surface area contributed by atoms with Crippen LogP contribution >= 0.6 is 0 Å². The zero-order valence-corrected chi connectivity index (χ0v) is 19.7. The number of nitrogens with zero attached hydrogens (tertiary/aromatic N) is 5. The summed E-state index contributed by atoms with van der Waals surface area (Å²) in [5, 5.41) is 4.03. The lowest BCUT2D eigenvalue weighted by Crippen LogP contribution is -2.36. The van der Waals surface area contributed by atoms with E-state index in [1.165, 1.54) is 24.2 Å². The standard InChI is InChI=1S/C23H25F6N5O2/c1-15(35)31(2)18-10-30-34(12-18)20(36)33-8-6-21(14-33)5-7-32(13-21)11-16-9-17(22(24,25)26)3-4-19(16)23(27,28)29/h3-4,9-10,12H,5-8,11,13-14H2,1-2H3. The van der Waals surface area contributed by atoms with Crippen molar-refractivity contribution in [1.29, 1.82) is 0 Å². The van der Waals surface area contributed by atoms with Gasteiger partial charge in [-0.25, -0.2) is 4.79 Å². The third-order valence-corrected chi connectivity index (χ3v) is 6.98. The molecule has 0 radical (unpaired) electrons. The topological polar surface area (TPSA) is 61.7 Å². The van der Waals surface area contributed by atoms with Gasteiger partial charge in [-0.1, -0.05) is 0 Å². The Morgan fingerprint density at radius 3 is 2.39 bits per heavy atom. The van der Waals surface area contributed by atoms with Crippen LogP contribution in [0.4, 0.5) is 36.8 Å². The molecule has 2 aliphatic rings. The van der Waals surface area contributed by atoms with E-state index < -0.39 is 29.0 Å². The van der Waals surface area contributed by atoms with Crippen molar-refractivity contribution in [2.24, 2.45) is 5.41 Å². The molecule has 1 atom stereocenters. The van der Waals surface area contributed by atoms with Crippen LogP contribution in [0.2, 0.25) is 0 Å². The molecule has 2 aromatic rings. The molecule has 1 unspecified atom stereocenters. The first kappa shape index (κ1) is 26.0. The second-order valence-electron chi connectivity index (χ2n) is 9.50. The lowest BCUT2D eigenvalue weighted by molar-refractivity contribution is -0.142. The van der Waals surface area contributed by atoms with Gasteiger partial charge in [0.05, 0.1) is 29.2 Å². The number of alkyl halides is 6. The molecule has 2 amide bonds. The first-order valence-corrected chi connectivity index (χ1v) is 11.3. The normalized spacial score (nSPS) is 20.9. The number of rotatable bonds is 3. The summed E-state index contributed by atoms with van der Waals surface area (Å²) in [6.45, 7) is 2.66. The zero-order chi connectivity index (χ0) is 26.5. The van der Waals surface area contributed by atoms with Gasteiger partial charge in [0.15, 0.2) is 0 Å². The summed E-state index contributed by atoms with van der Waals surface area (Å²) in [5.74, 6) is -0.220. The van der Waals surface area contributed by atoms with Gasteiger partial charge in [0.1, 0.15) is 0 Å². The highest BCUT2D eigenvalue weighted by atomic mass is 19.4. The molecular formula is C23H25F6N5O2. The molecule has 0 saturated carbocycles. The van der Waals surface area contributed by atoms with Crippen LogP contribution < -0.4 is 4.90 Å². The van der Waals surface area contributed by atoms with Crippen LogP contribution in [0, 0.1) is 5.41 Å². The van der Waals surface area contributed by atoms with Crippen molar-refractivity contribution in [2.45, 2.75) is 38.7 Å². The number of anilines is 1. The van der Waals surface area contributed by atoms with E-state index >= 15 is 0 Å². The van der Waals surface area contributed by atoms with Crippen LogP contribution in [0.1, 0.15) is 36.5 Å². The van der Waals surface area contributed by atoms with Crippen molar-refractivity contribution in [3.05, 3.63) is 47.3 Å². The van der Waals surface area contributed by atoms with Gasteiger partial charge < -0.3 is 9.80 Å². The molecule has 13 heteroatoms. The predicted octanol–water partition coefficient (Wildman–Crippen LogP) is 4.47. The second-order valence-corrected chi connectivity index (χ2v) is 9.50. The van der Waals surface area contributed by atoms with E-state index in [2.05, 4.69) is 5.10 Å². The van der Waals surface area contributed by atoms with Gasteiger partial charge in [-0.05, 0) is 43.1 Å². The average Bonchev–Trinajstić information content (AvgIpc) is 3.52. The van der Waals surface area contributed by atoms with Crippen molar-refractivity contribution in [2.75, 3.05) is 38.1 Å². The summed E-state index contributed by atoms with van der Waals surface area (Å²) in [7, 11) is 1.56. The Hall–Kier alpha value is -3.09. The number of aromatic nitrogens is 2. The molecule has 0 N–H and O–H groups in total. The monoisotopic (exact) mass is 517 g/mol. The second kappa shape index (κ2) is 9.09. The number of carbonyl (C=O) groups excluding carboxylic acids is 2. The smallest absolute Gasteiger partial charge is 0.322 e. The molecular weight excluding hydrogens is 492 g/mol. The third kappa shape index (κ3) is 5.20. The van der Waals surface area contributed by atoms with Crippen molar-refractivity contribution < 1.29 is 35.9 Å². The number of hydrogen-bond acceptors (Lipinski definition) is 4. The summed E-state index contributed by atoms with van der Waals surface area (Å²) in [5.41, 5.74) is -2.52. The molecule has 0 aliphatic carbocycles. The fourth-order valence-electron chi connectivity index (χ4n) is 4.93. The van der Waals surface area contributed by atoms with E-state index in [9.17, 15) is 35.9 Å².